The van der Waals surface area contributed by atoms with Gasteiger partial charge < -0.3 is 10.6 Å². The lowest BCUT2D eigenvalue weighted by molar-refractivity contribution is 0.645. The molecule has 0 bridgehead atoms. The summed E-state index contributed by atoms with van der Waals surface area (Å²) in [5.74, 6) is 0. The first kappa shape index (κ1) is 14.4. The van der Waals surface area contributed by atoms with Crippen LogP contribution in [0.5, 0.6) is 0 Å². The molecule has 2 heteroatoms. The van der Waals surface area contributed by atoms with Gasteiger partial charge in [0.1, 0.15) is 0 Å². The molecule has 20 heavy (non-hydrogen) atoms. The number of hydrogen-bond donors (Lipinski definition) is 2. The number of unbranched alkanes of at least 4 members (excludes halogenated alkanes) is 1. The van der Waals surface area contributed by atoms with Crippen LogP contribution < -0.4 is 10.6 Å². The van der Waals surface area contributed by atoms with Crippen LogP contribution in [0.3, 0.4) is 0 Å². The van der Waals surface area contributed by atoms with Crippen LogP contribution in [0.2, 0.25) is 0 Å². The third-order valence-corrected chi connectivity index (χ3v) is 3.37. The van der Waals surface area contributed by atoms with E-state index in [1.807, 2.05) is 18.2 Å². The largest absolute Gasteiger partial charge is 0.381 e. The Morgan fingerprint density at radius 3 is 2.25 bits per heavy atom. The second-order valence-electron chi connectivity index (χ2n) is 5.22. The first-order valence-corrected chi connectivity index (χ1v) is 7.47. The Bertz CT molecular complexity index is 508. The van der Waals surface area contributed by atoms with Crippen molar-refractivity contribution in [1.29, 1.82) is 0 Å². The Kier molecular flexibility index (Phi) is 5.48. The Hall–Kier alpha value is -1.96. The summed E-state index contributed by atoms with van der Waals surface area (Å²) in [5.41, 5.74) is 3.41. The second kappa shape index (κ2) is 7.59. The molecule has 2 aromatic rings. The van der Waals surface area contributed by atoms with Gasteiger partial charge >= 0.3 is 0 Å². The van der Waals surface area contributed by atoms with Gasteiger partial charge in [-0.15, -0.1) is 0 Å². The number of benzene rings is 2. The van der Waals surface area contributed by atoms with Gasteiger partial charge in [-0.2, -0.15) is 0 Å². The van der Waals surface area contributed by atoms with Gasteiger partial charge in [-0.3, -0.25) is 0 Å². The Balaban J connectivity index is 2.06. The molecule has 2 aromatic carbocycles. The summed E-state index contributed by atoms with van der Waals surface area (Å²) in [7, 11) is 0. The third-order valence-electron chi connectivity index (χ3n) is 3.37. The van der Waals surface area contributed by atoms with Gasteiger partial charge in [-0.1, -0.05) is 50.1 Å². The Morgan fingerprint density at radius 2 is 1.55 bits per heavy atom. The van der Waals surface area contributed by atoms with Crippen LogP contribution in [0.1, 0.15) is 33.1 Å². The van der Waals surface area contributed by atoms with Crippen molar-refractivity contribution in [2.75, 3.05) is 10.6 Å². The number of para-hydroxylation sites is 3. The molecule has 2 rings (SSSR count). The van der Waals surface area contributed by atoms with Crippen molar-refractivity contribution in [2.24, 2.45) is 0 Å². The maximum absolute atomic E-state index is 3.60. The van der Waals surface area contributed by atoms with Crippen LogP contribution in [0.25, 0.3) is 0 Å². The van der Waals surface area contributed by atoms with E-state index < -0.39 is 0 Å². The maximum atomic E-state index is 3.60. The van der Waals surface area contributed by atoms with Gasteiger partial charge in [0.05, 0.1) is 11.4 Å². The minimum atomic E-state index is 0.494. The molecule has 0 aromatic heterocycles. The number of rotatable bonds is 7. The number of anilines is 3. The highest BCUT2D eigenvalue weighted by Gasteiger charge is 2.05. The van der Waals surface area contributed by atoms with E-state index in [0.29, 0.717) is 6.04 Å². The van der Waals surface area contributed by atoms with E-state index in [4.69, 9.17) is 0 Å². The molecule has 1 unspecified atom stereocenters. The summed E-state index contributed by atoms with van der Waals surface area (Å²) >= 11 is 0. The van der Waals surface area contributed by atoms with Crippen LogP contribution in [0.4, 0.5) is 17.1 Å². The standard InChI is InChI=1S/C18H24N2/c1-3-4-10-15(2)19-17-13-8-9-14-18(17)20-16-11-6-5-7-12-16/h5-9,11-15,19-20H,3-4,10H2,1-2H3. The minimum Gasteiger partial charge on any atom is -0.381 e. The van der Waals surface area contributed by atoms with Crippen molar-refractivity contribution >= 4 is 17.1 Å². The van der Waals surface area contributed by atoms with Gasteiger partial charge in [-0.05, 0) is 37.6 Å². The molecule has 0 spiro atoms. The van der Waals surface area contributed by atoms with Crippen molar-refractivity contribution in [2.45, 2.75) is 39.2 Å². The van der Waals surface area contributed by atoms with E-state index in [2.05, 4.69) is 60.9 Å². The molecule has 1 atom stereocenters. The van der Waals surface area contributed by atoms with E-state index in [9.17, 15) is 0 Å². The fourth-order valence-electron chi connectivity index (χ4n) is 2.24. The Labute approximate surface area is 122 Å². The predicted octanol–water partition coefficient (Wildman–Crippen LogP) is 5.42. The molecule has 0 aliphatic heterocycles. The van der Waals surface area contributed by atoms with Gasteiger partial charge in [0, 0.05) is 11.7 Å². The van der Waals surface area contributed by atoms with Crippen molar-refractivity contribution in [3.05, 3.63) is 54.6 Å². The van der Waals surface area contributed by atoms with Gasteiger partial charge in [0.15, 0.2) is 0 Å². The highest BCUT2D eigenvalue weighted by atomic mass is 15.0. The summed E-state index contributed by atoms with van der Waals surface area (Å²) < 4.78 is 0. The molecule has 2 nitrogen and oxygen atoms in total. The summed E-state index contributed by atoms with van der Waals surface area (Å²) in [5, 5.41) is 7.07. The molecule has 0 saturated carbocycles. The maximum Gasteiger partial charge on any atom is 0.0620 e. The fourth-order valence-corrected chi connectivity index (χ4v) is 2.24. The van der Waals surface area contributed by atoms with Crippen LogP contribution >= 0.6 is 0 Å². The average molecular weight is 268 g/mol. The predicted molar refractivity (Wildman–Crippen MR) is 88.8 cm³/mol. The van der Waals surface area contributed by atoms with E-state index in [-0.39, 0.29) is 0 Å². The van der Waals surface area contributed by atoms with Gasteiger partial charge in [0.2, 0.25) is 0 Å². The van der Waals surface area contributed by atoms with Crippen LogP contribution in [-0.4, -0.2) is 6.04 Å². The molecule has 0 fully saturated rings. The fraction of sp³-hybridized carbons (Fsp3) is 0.333. The van der Waals surface area contributed by atoms with Crippen LogP contribution in [0.15, 0.2) is 54.6 Å². The zero-order valence-electron chi connectivity index (χ0n) is 12.4. The van der Waals surface area contributed by atoms with Crippen LogP contribution in [-0.2, 0) is 0 Å². The van der Waals surface area contributed by atoms with E-state index in [1.54, 1.807) is 0 Å². The van der Waals surface area contributed by atoms with Crippen molar-refractivity contribution in [3.8, 4) is 0 Å². The summed E-state index contributed by atoms with van der Waals surface area (Å²) in [6, 6.07) is 19.2. The van der Waals surface area contributed by atoms with Crippen LogP contribution in [0, 0.1) is 0 Å². The zero-order chi connectivity index (χ0) is 14.2. The highest BCUT2D eigenvalue weighted by Crippen LogP contribution is 2.26. The molecule has 106 valence electrons. The van der Waals surface area contributed by atoms with E-state index in [1.165, 1.54) is 24.9 Å². The minimum absolute atomic E-state index is 0.494. The van der Waals surface area contributed by atoms with Crippen molar-refractivity contribution < 1.29 is 0 Å². The SMILES string of the molecule is CCCCC(C)Nc1ccccc1Nc1ccccc1. The zero-order valence-corrected chi connectivity index (χ0v) is 12.4. The molecule has 0 aliphatic carbocycles. The molecular formula is C18H24N2. The van der Waals surface area contributed by atoms with E-state index >= 15 is 0 Å². The van der Waals surface area contributed by atoms with Gasteiger partial charge in [0.25, 0.3) is 0 Å². The smallest absolute Gasteiger partial charge is 0.0620 e. The number of hydrogen-bond acceptors (Lipinski definition) is 2. The highest BCUT2D eigenvalue weighted by molar-refractivity contribution is 5.74. The lowest BCUT2D eigenvalue weighted by Gasteiger charge is -2.18. The average Bonchev–Trinajstić information content (AvgIpc) is 2.48. The molecule has 0 heterocycles. The molecular weight excluding hydrogens is 244 g/mol. The summed E-state index contributed by atoms with van der Waals surface area (Å²) in [4.78, 5) is 0. The third kappa shape index (κ3) is 4.30. The Morgan fingerprint density at radius 1 is 0.900 bits per heavy atom. The van der Waals surface area contributed by atoms with Crippen molar-refractivity contribution in [1.82, 2.24) is 0 Å². The molecule has 2 N–H and O–H groups in total. The second-order valence-corrected chi connectivity index (χ2v) is 5.22. The topological polar surface area (TPSA) is 24.1 Å². The summed E-state index contributed by atoms with van der Waals surface area (Å²) in [6.07, 6.45) is 3.72. The molecule has 0 amide bonds. The molecule has 0 aliphatic rings. The van der Waals surface area contributed by atoms with Crippen molar-refractivity contribution in [3.63, 3.8) is 0 Å². The quantitative estimate of drug-likeness (QED) is 0.700. The normalized spacial score (nSPS) is 11.9. The first-order chi connectivity index (χ1) is 9.79. The molecule has 0 radical (unpaired) electrons. The van der Waals surface area contributed by atoms with Gasteiger partial charge in [-0.25, -0.2) is 0 Å². The lowest BCUT2D eigenvalue weighted by atomic mass is 10.1. The lowest BCUT2D eigenvalue weighted by Crippen LogP contribution is -2.15. The molecule has 0 saturated heterocycles. The summed E-state index contributed by atoms with van der Waals surface area (Å²) in [6.45, 7) is 4.48. The monoisotopic (exact) mass is 268 g/mol. The first-order valence-electron chi connectivity index (χ1n) is 7.47. The van der Waals surface area contributed by atoms with E-state index in [0.717, 1.165) is 11.4 Å². The number of nitrogens with one attached hydrogen (secondary N) is 2.